The van der Waals surface area contributed by atoms with Gasteiger partial charge in [0, 0.05) is 13.1 Å². The Hall–Kier alpha value is -2.33. The Morgan fingerprint density at radius 2 is 1.75 bits per heavy atom. The van der Waals surface area contributed by atoms with Crippen LogP contribution in [0.3, 0.4) is 0 Å². The second-order valence-corrected chi connectivity index (χ2v) is 8.55. The number of para-hydroxylation sites is 1. The highest BCUT2D eigenvalue weighted by Crippen LogP contribution is 2.35. The third-order valence-electron chi connectivity index (χ3n) is 4.25. The Labute approximate surface area is 161 Å². The number of sulfone groups is 1. The summed E-state index contributed by atoms with van der Waals surface area (Å²) in [7, 11) is -5.47. The van der Waals surface area contributed by atoms with Crippen molar-refractivity contribution in [2.75, 3.05) is 23.3 Å². The minimum atomic E-state index is -5.47. The van der Waals surface area contributed by atoms with Crippen LogP contribution < -0.4 is 10.2 Å². The molecule has 0 radical (unpaired) electrons. The third kappa shape index (κ3) is 4.22. The lowest BCUT2D eigenvalue weighted by Crippen LogP contribution is -2.45. The number of aromatic nitrogens is 1. The fourth-order valence-electron chi connectivity index (χ4n) is 3.10. The molecule has 1 saturated heterocycles. The summed E-state index contributed by atoms with van der Waals surface area (Å²) < 4.78 is 68.0. The van der Waals surface area contributed by atoms with E-state index in [0.29, 0.717) is 24.6 Å². The van der Waals surface area contributed by atoms with Gasteiger partial charge in [-0.05, 0) is 38.1 Å². The van der Waals surface area contributed by atoms with Crippen molar-refractivity contribution in [2.24, 2.45) is 0 Å². The molecule has 10 heteroatoms. The summed E-state index contributed by atoms with van der Waals surface area (Å²) in [5.74, 6) is 0.712. The van der Waals surface area contributed by atoms with Crippen molar-refractivity contribution in [1.82, 2.24) is 4.98 Å². The number of anilines is 3. The predicted octanol–water partition coefficient (Wildman–Crippen LogP) is 3.73. The van der Waals surface area contributed by atoms with Crippen molar-refractivity contribution in [3.05, 3.63) is 42.6 Å². The largest absolute Gasteiger partial charge is 0.501 e. The van der Waals surface area contributed by atoms with Gasteiger partial charge in [0.25, 0.3) is 9.84 Å². The van der Waals surface area contributed by atoms with Gasteiger partial charge in [-0.3, -0.25) is 0 Å². The number of alkyl halides is 3. The first-order valence-electron chi connectivity index (χ1n) is 8.62. The second-order valence-electron chi connectivity index (χ2n) is 6.64. The lowest BCUT2D eigenvalue weighted by atomic mass is 10.2. The Kier molecular flexibility index (Phi) is 5.53. The summed E-state index contributed by atoms with van der Waals surface area (Å²) in [6, 6.07) is 8.27. The van der Waals surface area contributed by atoms with E-state index in [0.717, 1.165) is 6.07 Å². The van der Waals surface area contributed by atoms with Crippen LogP contribution in [0.1, 0.15) is 13.8 Å². The molecule has 1 aliphatic heterocycles. The Bertz CT molecular complexity index is 923. The van der Waals surface area contributed by atoms with Crippen LogP contribution in [0.2, 0.25) is 0 Å². The SMILES string of the molecule is CC1CN(c2ccc(Nc3ccccc3S(=O)(=O)C(F)(F)F)cn2)CC(C)O1. The van der Waals surface area contributed by atoms with Crippen molar-refractivity contribution in [2.45, 2.75) is 36.5 Å². The van der Waals surface area contributed by atoms with Crippen molar-refractivity contribution >= 4 is 27.0 Å². The molecule has 2 unspecified atom stereocenters. The van der Waals surface area contributed by atoms with Crippen molar-refractivity contribution in [3.63, 3.8) is 0 Å². The summed E-state index contributed by atoms with van der Waals surface area (Å²) >= 11 is 0. The second kappa shape index (κ2) is 7.59. The maximum absolute atomic E-state index is 12.9. The number of ether oxygens (including phenoxy) is 1. The van der Waals surface area contributed by atoms with Crippen LogP contribution in [0.4, 0.5) is 30.4 Å². The van der Waals surface area contributed by atoms with Crippen LogP contribution in [0.25, 0.3) is 0 Å². The molecular weight excluding hydrogens is 395 g/mol. The zero-order chi connectivity index (χ0) is 20.5. The highest BCUT2D eigenvalue weighted by atomic mass is 32.2. The monoisotopic (exact) mass is 415 g/mol. The van der Waals surface area contributed by atoms with Gasteiger partial charge in [-0.25, -0.2) is 13.4 Å². The van der Waals surface area contributed by atoms with Gasteiger partial charge in [0.1, 0.15) is 5.82 Å². The molecule has 1 fully saturated rings. The first-order chi connectivity index (χ1) is 13.1. The minimum absolute atomic E-state index is 0.0582. The Morgan fingerprint density at radius 3 is 2.32 bits per heavy atom. The van der Waals surface area contributed by atoms with Crippen molar-refractivity contribution in [3.8, 4) is 0 Å². The molecule has 2 atom stereocenters. The maximum Gasteiger partial charge on any atom is 0.501 e. The van der Waals surface area contributed by atoms with Gasteiger partial charge in [-0.1, -0.05) is 12.1 Å². The van der Waals surface area contributed by atoms with Crippen molar-refractivity contribution in [1.29, 1.82) is 0 Å². The number of rotatable bonds is 4. The first-order valence-corrected chi connectivity index (χ1v) is 10.1. The van der Waals surface area contributed by atoms with Gasteiger partial charge in [0.2, 0.25) is 0 Å². The molecule has 1 aliphatic rings. The van der Waals surface area contributed by atoms with Gasteiger partial charge in [0.05, 0.1) is 34.7 Å². The summed E-state index contributed by atoms with van der Waals surface area (Å²) in [6.45, 7) is 5.29. The number of benzene rings is 1. The average molecular weight is 415 g/mol. The van der Waals surface area contributed by atoms with Gasteiger partial charge in [0.15, 0.2) is 0 Å². The first kappa shape index (κ1) is 20.4. The molecule has 3 rings (SSSR count). The predicted molar refractivity (Wildman–Crippen MR) is 99.4 cm³/mol. The topological polar surface area (TPSA) is 71.5 Å². The number of nitrogens with one attached hydrogen (secondary N) is 1. The average Bonchev–Trinajstić information content (AvgIpc) is 2.61. The summed E-state index contributed by atoms with van der Waals surface area (Å²) in [5, 5.41) is 2.71. The lowest BCUT2D eigenvalue weighted by Gasteiger charge is -2.36. The number of nitrogens with zero attached hydrogens (tertiary/aromatic N) is 2. The van der Waals surface area contributed by atoms with E-state index in [9.17, 15) is 21.6 Å². The molecule has 0 spiro atoms. The third-order valence-corrected chi connectivity index (χ3v) is 5.80. The number of halogens is 3. The maximum atomic E-state index is 12.9. The van der Waals surface area contributed by atoms with Gasteiger partial charge < -0.3 is 15.0 Å². The number of pyridine rings is 1. The van der Waals surface area contributed by atoms with Crippen molar-refractivity contribution < 1.29 is 26.3 Å². The Morgan fingerprint density at radius 1 is 1.11 bits per heavy atom. The van der Waals surface area contributed by atoms with Crippen LogP contribution >= 0.6 is 0 Å². The van der Waals surface area contributed by atoms with E-state index in [4.69, 9.17) is 4.74 Å². The summed E-state index contributed by atoms with van der Waals surface area (Å²) in [6.07, 6.45) is 1.57. The van der Waals surface area contributed by atoms with Gasteiger partial charge >= 0.3 is 5.51 Å². The smallest absolute Gasteiger partial charge is 0.372 e. The Balaban J connectivity index is 1.82. The number of hydrogen-bond donors (Lipinski definition) is 1. The van der Waals surface area contributed by atoms with E-state index in [1.165, 1.54) is 24.4 Å². The fraction of sp³-hybridized carbons (Fsp3) is 0.389. The molecule has 1 N–H and O–H groups in total. The zero-order valence-corrected chi connectivity index (χ0v) is 16.1. The van der Waals surface area contributed by atoms with E-state index >= 15 is 0 Å². The quantitative estimate of drug-likeness (QED) is 0.821. The molecule has 1 aromatic heterocycles. The molecule has 0 saturated carbocycles. The van der Waals surface area contributed by atoms with Crippen LogP contribution in [-0.2, 0) is 14.6 Å². The molecular formula is C18H20F3N3O3S. The molecule has 1 aromatic carbocycles. The van der Waals surface area contributed by atoms with Crippen LogP contribution in [-0.4, -0.2) is 44.2 Å². The molecule has 0 bridgehead atoms. The number of morpholine rings is 1. The summed E-state index contributed by atoms with van der Waals surface area (Å²) in [5.41, 5.74) is -5.16. The number of hydrogen-bond acceptors (Lipinski definition) is 6. The van der Waals surface area contributed by atoms with Crippen LogP contribution in [0, 0.1) is 0 Å². The van der Waals surface area contributed by atoms with E-state index in [-0.39, 0.29) is 17.9 Å². The molecule has 0 aliphatic carbocycles. The highest BCUT2D eigenvalue weighted by Gasteiger charge is 2.47. The van der Waals surface area contributed by atoms with Crippen LogP contribution in [0.15, 0.2) is 47.5 Å². The molecule has 28 heavy (non-hydrogen) atoms. The van der Waals surface area contributed by atoms with E-state index in [1.54, 1.807) is 12.1 Å². The van der Waals surface area contributed by atoms with E-state index < -0.39 is 20.2 Å². The van der Waals surface area contributed by atoms with Gasteiger partial charge in [-0.15, -0.1) is 0 Å². The summed E-state index contributed by atoms with van der Waals surface area (Å²) in [4.78, 5) is 5.57. The normalized spacial score (nSPS) is 20.8. The molecule has 6 nitrogen and oxygen atoms in total. The highest BCUT2D eigenvalue weighted by molar-refractivity contribution is 7.92. The standard InChI is InChI=1S/C18H20F3N3O3S/c1-12-10-24(11-13(2)27-12)17-8-7-14(9-22-17)23-15-5-3-4-6-16(15)28(25,26)18(19,20)21/h3-9,12-13,23H,10-11H2,1-2H3. The molecule has 2 aromatic rings. The minimum Gasteiger partial charge on any atom is -0.372 e. The fourth-order valence-corrected chi connectivity index (χ4v) is 4.01. The molecule has 152 valence electrons. The zero-order valence-electron chi connectivity index (χ0n) is 15.3. The lowest BCUT2D eigenvalue weighted by molar-refractivity contribution is -0.0435. The molecule has 0 amide bonds. The molecule has 2 heterocycles. The van der Waals surface area contributed by atoms with Gasteiger partial charge in [-0.2, -0.15) is 13.2 Å². The van der Waals surface area contributed by atoms with Crippen LogP contribution in [0.5, 0.6) is 0 Å². The van der Waals surface area contributed by atoms with E-state index in [2.05, 4.69) is 15.2 Å². The van der Waals surface area contributed by atoms with E-state index in [1.807, 2.05) is 13.8 Å².